The predicted molar refractivity (Wildman–Crippen MR) is 70.2 cm³/mol. The summed E-state index contributed by atoms with van der Waals surface area (Å²) in [5.74, 6) is 0.316. The van der Waals surface area contributed by atoms with E-state index in [-0.39, 0.29) is 0 Å². The van der Waals surface area contributed by atoms with E-state index < -0.39 is 12.1 Å². The third-order valence-corrected chi connectivity index (χ3v) is 2.99. The monoisotopic (exact) mass is 265 g/mol. The number of hydrogen-bond acceptors (Lipinski definition) is 5. The van der Waals surface area contributed by atoms with Crippen molar-refractivity contribution < 1.29 is 14.6 Å². The van der Waals surface area contributed by atoms with Crippen LogP contribution in [0.25, 0.3) is 0 Å². The molecule has 0 saturated carbocycles. The Balaban J connectivity index is 2.03. The molecular weight excluding hydrogens is 246 g/mol. The third-order valence-electron chi connectivity index (χ3n) is 2.99. The van der Waals surface area contributed by atoms with Crippen LogP contribution in [0.1, 0.15) is 19.5 Å². The van der Waals surface area contributed by atoms with E-state index in [0.29, 0.717) is 31.4 Å². The average molecular weight is 265 g/mol. The molecule has 0 amide bonds. The molecule has 1 aliphatic heterocycles. The summed E-state index contributed by atoms with van der Waals surface area (Å²) in [5.41, 5.74) is 0.960. The third kappa shape index (κ3) is 3.64. The first kappa shape index (κ1) is 13.7. The normalized spacial score (nSPS) is 19.7. The molecule has 19 heavy (non-hydrogen) atoms. The fourth-order valence-corrected chi connectivity index (χ4v) is 2.06. The average Bonchev–Trinajstić information content (AvgIpc) is 2.39. The Hall–Kier alpha value is -1.69. The van der Waals surface area contributed by atoms with Gasteiger partial charge in [0.25, 0.3) is 0 Å². The van der Waals surface area contributed by atoms with Gasteiger partial charge in [-0.1, -0.05) is 13.8 Å². The van der Waals surface area contributed by atoms with E-state index >= 15 is 0 Å². The van der Waals surface area contributed by atoms with E-state index in [0.717, 1.165) is 12.1 Å². The van der Waals surface area contributed by atoms with E-state index in [1.165, 1.54) is 0 Å². The largest absolute Gasteiger partial charge is 0.479 e. The second kappa shape index (κ2) is 5.97. The van der Waals surface area contributed by atoms with Gasteiger partial charge in [-0.3, -0.25) is 0 Å². The van der Waals surface area contributed by atoms with Crippen LogP contribution in [-0.4, -0.2) is 47.1 Å². The maximum Gasteiger partial charge on any atom is 0.334 e. The van der Waals surface area contributed by atoms with Crippen molar-refractivity contribution in [1.29, 1.82) is 0 Å². The molecule has 1 atom stereocenters. The molecule has 0 aromatic carbocycles. The van der Waals surface area contributed by atoms with Crippen molar-refractivity contribution in [3.8, 4) is 0 Å². The molecular formula is C13H19N3O3. The van der Waals surface area contributed by atoms with Gasteiger partial charge in [0.15, 0.2) is 11.9 Å². The lowest BCUT2D eigenvalue weighted by molar-refractivity contribution is -0.150. The minimum atomic E-state index is -0.936. The zero-order valence-corrected chi connectivity index (χ0v) is 11.2. The highest BCUT2D eigenvalue weighted by molar-refractivity contribution is 5.73. The highest BCUT2D eigenvalue weighted by Gasteiger charge is 2.27. The van der Waals surface area contributed by atoms with E-state index in [4.69, 9.17) is 9.84 Å². The zero-order chi connectivity index (χ0) is 13.8. The summed E-state index contributed by atoms with van der Waals surface area (Å²) in [4.78, 5) is 12.8. The summed E-state index contributed by atoms with van der Waals surface area (Å²) < 4.78 is 5.18. The maximum absolute atomic E-state index is 10.9. The van der Waals surface area contributed by atoms with Gasteiger partial charge in [0, 0.05) is 6.54 Å². The standard InChI is InChI=1S/C13H19N3O3/c1-9(2)7-10-3-4-12(15-14-10)16-5-6-19-11(8-16)13(17)18/h3-4,9,11H,5-8H2,1-2H3,(H,17,18). The van der Waals surface area contributed by atoms with E-state index in [1.807, 2.05) is 17.0 Å². The number of carbonyl (C=O) groups is 1. The second-order valence-electron chi connectivity index (χ2n) is 5.12. The Labute approximate surface area is 112 Å². The Morgan fingerprint density at radius 3 is 2.89 bits per heavy atom. The fourth-order valence-electron chi connectivity index (χ4n) is 2.06. The van der Waals surface area contributed by atoms with Crippen LogP contribution in [0.15, 0.2) is 12.1 Å². The van der Waals surface area contributed by atoms with Crippen molar-refractivity contribution >= 4 is 11.8 Å². The molecule has 0 aliphatic carbocycles. The lowest BCUT2D eigenvalue weighted by atomic mass is 10.1. The van der Waals surface area contributed by atoms with Crippen LogP contribution >= 0.6 is 0 Å². The van der Waals surface area contributed by atoms with Crippen LogP contribution in [0.5, 0.6) is 0 Å². The highest BCUT2D eigenvalue weighted by atomic mass is 16.5. The van der Waals surface area contributed by atoms with E-state index in [1.54, 1.807) is 0 Å². The van der Waals surface area contributed by atoms with Gasteiger partial charge >= 0.3 is 5.97 Å². The number of nitrogens with zero attached hydrogens (tertiary/aromatic N) is 3. The minimum Gasteiger partial charge on any atom is -0.479 e. The number of ether oxygens (including phenoxy) is 1. The van der Waals surface area contributed by atoms with Crippen molar-refractivity contribution in [2.75, 3.05) is 24.6 Å². The molecule has 1 aliphatic rings. The van der Waals surface area contributed by atoms with Gasteiger partial charge in [-0.25, -0.2) is 4.79 Å². The lowest BCUT2D eigenvalue weighted by Crippen LogP contribution is -2.46. The molecule has 1 aromatic rings. The van der Waals surface area contributed by atoms with Crippen molar-refractivity contribution in [3.63, 3.8) is 0 Å². The fraction of sp³-hybridized carbons (Fsp3) is 0.615. The minimum absolute atomic E-state index is 0.313. The summed E-state index contributed by atoms with van der Waals surface area (Å²) in [6, 6.07) is 3.85. The molecule has 1 fully saturated rings. The topological polar surface area (TPSA) is 75.5 Å². The first-order chi connectivity index (χ1) is 9.06. The number of carboxylic acids is 1. The quantitative estimate of drug-likeness (QED) is 0.874. The first-order valence-electron chi connectivity index (χ1n) is 6.48. The number of anilines is 1. The van der Waals surface area contributed by atoms with E-state index in [2.05, 4.69) is 24.0 Å². The van der Waals surface area contributed by atoms with Crippen LogP contribution in [0.2, 0.25) is 0 Å². The van der Waals surface area contributed by atoms with Crippen molar-refractivity contribution in [3.05, 3.63) is 17.8 Å². The van der Waals surface area contributed by atoms with Crippen LogP contribution in [-0.2, 0) is 16.0 Å². The summed E-state index contributed by atoms with van der Waals surface area (Å²) in [6.07, 6.45) is 0.111. The van der Waals surface area contributed by atoms with Crippen LogP contribution < -0.4 is 4.90 Å². The van der Waals surface area contributed by atoms with E-state index in [9.17, 15) is 4.79 Å². The molecule has 0 bridgehead atoms. The summed E-state index contributed by atoms with van der Waals surface area (Å²) in [7, 11) is 0. The highest BCUT2D eigenvalue weighted by Crippen LogP contribution is 2.15. The summed E-state index contributed by atoms with van der Waals surface area (Å²) >= 11 is 0. The van der Waals surface area contributed by atoms with Crippen LogP contribution in [0, 0.1) is 5.92 Å². The number of rotatable bonds is 4. The van der Waals surface area contributed by atoms with Gasteiger partial charge in [-0.15, -0.1) is 5.10 Å². The Bertz CT molecular complexity index is 433. The molecule has 6 heteroatoms. The Kier molecular flexibility index (Phi) is 4.31. The molecule has 1 saturated heterocycles. The molecule has 0 radical (unpaired) electrons. The molecule has 1 N–H and O–H groups in total. The smallest absolute Gasteiger partial charge is 0.334 e. The van der Waals surface area contributed by atoms with Gasteiger partial charge in [0.1, 0.15) is 0 Å². The zero-order valence-electron chi connectivity index (χ0n) is 11.2. The lowest BCUT2D eigenvalue weighted by Gasteiger charge is -2.31. The Morgan fingerprint density at radius 2 is 2.32 bits per heavy atom. The van der Waals surface area contributed by atoms with Gasteiger partial charge in [-0.2, -0.15) is 5.10 Å². The predicted octanol–water partition coefficient (Wildman–Crippen LogP) is 0.965. The van der Waals surface area contributed by atoms with Crippen molar-refractivity contribution in [2.24, 2.45) is 5.92 Å². The second-order valence-corrected chi connectivity index (χ2v) is 5.12. The molecule has 1 unspecified atom stereocenters. The van der Waals surface area contributed by atoms with Crippen LogP contribution in [0.4, 0.5) is 5.82 Å². The number of aliphatic carboxylic acids is 1. The molecule has 2 heterocycles. The first-order valence-corrected chi connectivity index (χ1v) is 6.48. The van der Waals surface area contributed by atoms with Gasteiger partial charge in [0.2, 0.25) is 0 Å². The van der Waals surface area contributed by atoms with Gasteiger partial charge in [0.05, 0.1) is 18.8 Å². The molecule has 6 nitrogen and oxygen atoms in total. The molecule has 0 spiro atoms. The SMILES string of the molecule is CC(C)Cc1ccc(N2CCOC(C(=O)O)C2)nn1. The van der Waals surface area contributed by atoms with Crippen molar-refractivity contribution in [1.82, 2.24) is 10.2 Å². The number of hydrogen-bond donors (Lipinski definition) is 1. The molecule has 1 aromatic heterocycles. The summed E-state index contributed by atoms with van der Waals surface area (Å²) in [6.45, 7) is 5.62. The van der Waals surface area contributed by atoms with Crippen molar-refractivity contribution in [2.45, 2.75) is 26.4 Å². The number of aromatic nitrogens is 2. The number of morpholine rings is 1. The maximum atomic E-state index is 10.9. The molecule has 2 rings (SSSR count). The van der Waals surface area contributed by atoms with Crippen LogP contribution in [0.3, 0.4) is 0 Å². The Morgan fingerprint density at radius 1 is 1.53 bits per heavy atom. The van der Waals surface area contributed by atoms with Gasteiger partial charge in [-0.05, 0) is 24.5 Å². The summed E-state index contributed by atoms with van der Waals surface area (Å²) in [5, 5.41) is 17.3. The van der Waals surface area contributed by atoms with Gasteiger partial charge < -0.3 is 14.7 Å². The number of carboxylic acid groups (broad SMARTS) is 1. The molecule has 104 valence electrons.